The van der Waals surface area contributed by atoms with E-state index < -0.39 is 0 Å². The van der Waals surface area contributed by atoms with Crippen LogP contribution >= 0.6 is 27.5 Å². The molecule has 0 radical (unpaired) electrons. The lowest BCUT2D eigenvalue weighted by Gasteiger charge is -2.41. The fourth-order valence-corrected chi connectivity index (χ4v) is 2.97. The molecule has 1 heterocycles. The van der Waals surface area contributed by atoms with E-state index in [4.69, 9.17) is 11.6 Å². The van der Waals surface area contributed by atoms with Crippen LogP contribution in [0.5, 0.6) is 0 Å². The first-order valence-electron chi connectivity index (χ1n) is 5.01. The van der Waals surface area contributed by atoms with Crippen molar-refractivity contribution in [2.24, 2.45) is 5.92 Å². The van der Waals surface area contributed by atoms with Gasteiger partial charge in [-0.3, -0.25) is 0 Å². The maximum absolute atomic E-state index is 13.0. The maximum atomic E-state index is 13.0. The molecule has 15 heavy (non-hydrogen) atoms. The van der Waals surface area contributed by atoms with Crippen molar-refractivity contribution in [2.45, 2.75) is 13.3 Å². The molecule has 0 unspecified atom stereocenters. The predicted molar refractivity (Wildman–Crippen MR) is 65.1 cm³/mol. The van der Waals surface area contributed by atoms with Gasteiger partial charge in [-0.1, -0.05) is 18.5 Å². The van der Waals surface area contributed by atoms with Gasteiger partial charge >= 0.3 is 0 Å². The van der Waals surface area contributed by atoms with Crippen molar-refractivity contribution in [1.82, 2.24) is 0 Å². The molecule has 1 nitrogen and oxygen atoms in total. The molecule has 0 aliphatic carbocycles. The predicted octanol–water partition coefficient (Wildman–Crippen LogP) is 4.09. The van der Waals surface area contributed by atoms with Gasteiger partial charge in [-0.25, -0.2) is 4.39 Å². The molecular weight excluding hydrogens is 280 g/mol. The van der Waals surface area contributed by atoms with E-state index >= 15 is 0 Å². The summed E-state index contributed by atoms with van der Waals surface area (Å²) in [6.07, 6.45) is 1.19. The summed E-state index contributed by atoms with van der Waals surface area (Å²) in [7, 11) is 0. The van der Waals surface area contributed by atoms with Gasteiger partial charge in [0.15, 0.2) is 0 Å². The molecular formula is C11H12BrClFN. The zero-order valence-electron chi connectivity index (χ0n) is 8.43. The van der Waals surface area contributed by atoms with Gasteiger partial charge in [-0.15, -0.1) is 0 Å². The second-order valence-electron chi connectivity index (χ2n) is 3.90. The minimum absolute atomic E-state index is 0.303. The van der Waals surface area contributed by atoms with Crippen LogP contribution in [-0.2, 0) is 0 Å². The average Bonchev–Trinajstić information content (AvgIpc) is 2.06. The normalized spacial score (nSPS) is 16.7. The Kier molecular flexibility index (Phi) is 3.21. The Bertz CT molecular complexity index is 354. The van der Waals surface area contributed by atoms with Crippen molar-refractivity contribution >= 4 is 33.2 Å². The van der Waals surface area contributed by atoms with Crippen molar-refractivity contribution in [3.05, 3.63) is 27.4 Å². The van der Waals surface area contributed by atoms with Crippen LogP contribution in [0.25, 0.3) is 0 Å². The van der Waals surface area contributed by atoms with E-state index in [2.05, 4.69) is 27.8 Å². The van der Waals surface area contributed by atoms with E-state index in [9.17, 15) is 4.39 Å². The summed E-state index contributed by atoms with van der Waals surface area (Å²) in [6.45, 7) is 4.21. The Balaban J connectivity index is 2.22. The Morgan fingerprint density at radius 2 is 2.20 bits per heavy atom. The van der Waals surface area contributed by atoms with Gasteiger partial charge < -0.3 is 4.90 Å². The quantitative estimate of drug-likeness (QED) is 0.793. The fraction of sp³-hybridized carbons (Fsp3) is 0.455. The van der Waals surface area contributed by atoms with E-state index in [1.807, 2.05) is 0 Å². The molecule has 1 aliphatic heterocycles. The summed E-state index contributed by atoms with van der Waals surface area (Å²) in [4.78, 5) is 2.18. The summed E-state index contributed by atoms with van der Waals surface area (Å²) >= 11 is 9.37. The minimum Gasteiger partial charge on any atom is -0.369 e. The third kappa shape index (κ3) is 2.13. The van der Waals surface area contributed by atoms with Gasteiger partial charge in [0, 0.05) is 17.6 Å². The number of nitrogens with zero attached hydrogens (tertiary/aromatic N) is 1. The highest BCUT2D eigenvalue weighted by molar-refractivity contribution is 9.10. The van der Waals surface area contributed by atoms with Gasteiger partial charge in [0.25, 0.3) is 0 Å². The number of hydrogen-bond acceptors (Lipinski definition) is 1. The van der Waals surface area contributed by atoms with Crippen LogP contribution in [0, 0.1) is 11.7 Å². The van der Waals surface area contributed by atoms with Crippen LogP contribution in [0.15, 0.2) is 16.6 Å². The first-order valence-corrected chi connectivity index (χ1v) is 6.18. The third-order valence-corrected chi connectivity index (χ3v) is 3.73. The maximum Gasteiger partial charge on any atom is 0.125 e. The highest BCUT2D eigenvalue weighted by atomic mass is 79.9. The van der Waals surface area contributed by atoms with Gasteiger partial charge in [0.1, 0.15) is 5.82 Å². The third-order valence-electron chi connectivity index (χ3n) is 2.83. The van der Waals surface area contributed by atoms with Gasteiger partial charge in [0.05, 0.1) is 10.7 Å². The standard InChI is InChI=1S/C11H12BrClFN/c1-2-7-5-15(6-7)11-9(12)3-8(14)4-10(11)13/h3-4,7H,2,5-6H2,1H3. The summed E-state index contributed by atoms with van der Waals surface area (Å²) in [5.74, 6) is 0.446. The molecule has 0 aromatic heterocycles. The van der Waals surface area contributed by atoms with E-state index in [1.54, 1.807) is 0 Å². The zero-order chi connectivity index (χ0) is 11.0. The van der Waals surface area contributed by atoms with Gasteiger partial charge in [-0.05, 0) is 40.4 Å². The van der Waals surface area contributed by atoms with Crippen molar-refractivity contribution in [1.29, 1.82) is 0 Å². The molecule has 82 valence electrons. The molecule has 1 aromatic carbocycles. The van der Waals surface area contributed by atoms with Crippen molar-refractivity contribution in [3.63, 3.8) is 0 Å². The summed E-state index contributed by atoms with van der Waals surface area (Å²) in [5, 5.41) is 0.483. The molecule has 0 spiro atoms. The number of rotatable bonds is 2. The van der Waals surface area contributed by atoms with Crippen molar-refractivity contribution in [3.8, 4) is 0 Å². The Morgan fingerprint density at radius 3 is 2.73 bits per heavy atom. The second-order valence-corrected chi connectivity index (χ2v) is 5.16. The highest BCUT2D eigenvalue weighted by Crippen LogP contribution is 2.38. The molecule has 1 fully saturated rings. The second kappa shape index (κ2) is 4.30. The van der Waals surface area contributed by atoms with Crippen molar-refractivity contribution in [2.75, 3.05) is 18.0 Å². The van der Waals surface area contributed by atoms with Crippen LogP contribution in [0.1, 0.15) is 13.3 Å². The van der Waals surface area contributed by atoms with Crippen LogP contribution in [0.4, 0.5) is 10.1 Å². The monoisotopic (exact) mass is 291 g/mol. The first-order chi connectivity index (χ1) is 7.11. The molecule has 0 N–H and O–H groups in total. The number of anilines is 1. The summed E-state index contributed by atoms with van der Waals surface area (Å²) in [6, 6.07) is 2.82. The number of halogens is 3. The van der Waals surface area contributed by atoms with Gasteiger partial charge in [0.2, 0.25) is 0 Å². The lowest BCUT2D eigenvalue weighted by molar-refractivity contribution is 0.398. The molecule has 0 atom stereocenters. The lowest BCUT2D eigenvalue weighted by atomic mass is 9.96. The fourth-order valence-electron chi connectivity index (χ4n) is 1.85. The topological polar surface area (TPSA) is 3.24 Å². The van der Waals surface area contributed by atoms with Crippen LogP contribution in [0.3, 0.4) is 0 Å². The summed E-state index contributed by atoms with van der Waals surface area (Å²) in [5.41, 5.74) is 0.919. The molecule has 1 aliphatic rings. The Labute approximate surface area is 102 Å². The van der Waals surface area contributed by atoms with E-state index in [0.717, 1.165) is 29.2 Å². The van der Waals surface area contributed by atoms with Crippen LogP contribution < -0.4 is 4.90 Å². The Hall–Kier alpha value is -0.280. The number of benzene rings is 1. The SMILES string of the molecule is CCC1CN(c2c(Cl)cc(F)cc2Br)C1. The van der Waals surface area contributed by atoms with Crippen LogP contribution in [0.2, 0.25) is 5.02 Å². The smallest absolute Gasteiger partial charge is 0.125 e. The van der Waals surface area contributed by atoms with E-state index in [0.29, 0.717) is 5.02 Å². The van der Waals surface area contributed by atoms with E-state index in [1.165, 1.54) is 18.6 Å². The average molecular weight is 293 g/mol. The molecule has 1 saturated heterocycles. The number of hydrogen-bond donors (Lipinski definition) is 0. The van der Waals surface area contributed by atoms with Gasteiger partial charge in [-0.2, -0.15) is 0 Å². The molecule has 0 saturated carbocycles. The molecule has 4 heteroatoms. The summed E-state index contributed by atoms with van der Waals surface area (Å²) < 4.78 is 13.7. The minimum atomic E-state index is -0.303. The molecule has 0 bridgehead atoms. The van der Waals surface area contributed by atoms with Crippen molar-refractivity contribution < 1.29 is 4.39 Å². The molecule has 1 aromatic rings. The largest absolute Gasteiger partial charge is 0.369 e. The molecule has 2 rings (SSSR count). The Morgan fingerprint density at radius 1 is 1.53 bits per heavy atom. The van der Waals surface area contributed by atoms with Crippen LogP contribution in [-0.4, -0.2) is 13.1 Å². The first kappa shape index (κ1) is 11.2. The molecule has 0 amide bonds. The van der Waals surface area contributed by atoms with E-state index in [-0.39, 0.29) is 5.82 Å². The zero-order valence-corrected chi connectivity index (χ0v) is 10.8. The lowest BCUT2D eigenvalue weighted by Crippen LogP contribution is -2.46. The highest BCUT2D eigenvalue weighted by Gasteiger charge is 2.28.